The maximum atomic E-state index is 0. The maximum Gasteiger partial charge on any atom is -0.0776 e. The summed E-state index contributed by atoms with van der Waals surface area (Å²) in [6, 6.07) is 0. The third-order valence-corrected chi connectivity index (χ3v) is 0. The summed E-state index contributed by atoms with van der Waals surface area (Å²) < 4.78 is 0. The molecular formula is CH9ClOS. The summed E-state index contributed by atoms with van der Waals surface area (Å²) >= 11 is 0. The van der Waals surface area contributed by atoms with Crippen molar-refractivity contribution >= 4 is 25.9 Å². The van der Waals surface area contributed by atoms with E-state index in [-0.39, 0.29) is 38.8 Å². The fourth-order valence-corrected chi connectivity index (χ4v) is 0. The Bertz CT molecular complexity index is 8.00. The predicted molar refractivity (Wildman–Crippen MR) is 28.0 cm³/mol. The van der Waals surface area contributed by atoms with Gasteiger partial charge in [0.05, 0.1) is 0 Å². The zero-order valence-corrected chi connectivity index (χ0v) is 3.22. The molecule has 1 nitrogen and oxygen atoms in total. The van der Waals surface area contributed by atoms with E-state index in [1.165, 1.54) is 0 Å². The van der Waals surface area contributed by atoms with Gasteiger partial charge in [-0.2, -0.15) is 13.5 Å². The molecule has 0 aliphatic heterocycles. The monoisotopic (exact) mass is 104 g/mol. The van der Waals surface area contributed by atoms with Crippen molar-refractivity contribution in [2.75, 3.05) is 0 Å². The van der Waals surface area contributed by atoms with Crippen LogP contribution >= 0.6 is 25.9 Å². The van der Waals surface area contributed by atoms with Gasteiger partial charge in [0.2, 0.25) is 0 Å². The second-order valence-corrected chi connectivity index (χ2v) is 0. The molecule has 0 aromatic carbocycles. The second-order valence-electron chi connectivity index (χ2n) is 0. The lowest BCUT2D eigenvalue weighted by atomic mass is 12.0. The molecule has 32 valence electrons. The van der Waals surface area contributed by atoms with Crippen LogP contribution in [0.2, 0.25) is 0 Å². The van der Waals surface area contributed by atoms with Crippen molar-refractivity contribution in [3.63, 3.8) is 0 Å². The molecule has 0 saturated heterocycles. The van der Waals surface area contributed by atoms with Crippen molar-refractivity contribution in [2.45, 2.75) is 7.43 Å². The molecule has 0 heterocycles. The van der Waals surface area contributed by atoms with Gasteiger partial charge in [-0.25, -0.2) is 0 Å². The van der Waals surface area contributed by atoms with Crippen LogP contribution in [0.5, 0.6) is 0 Å². The molecule has 0 fully saturated rings. The molecule has 0 atom stereocenters. The Morgan fingerprint density at radius 3 is 1.00 bits per heavy atom. The highest BCUT2D eigenvalue weighted by Gasteiger charge is -0.0775. The summed E-state index contributed by atoms with van der Waals surface area (Å²) in [5, 5.41) is 0. The summed E-state index contributed by atoms with van der Waals surface area (Å²) in [6.45, 7) is 0. The molecule has 2 N–H and O–H groups in total. The van der Waals surface area contributed by atoms with Gasteiger partial charge in [-0.15, -0.1) is 12.4 Å². The Hall–Kier alpha value is 0.600. The maximum absolute atomic E-state index is 0. The highest BCUT2D eigenvalue weighted by Crippen LogP contribution is 0.690. The van der Waals surface area contributed by atoms with Crippen LogP contribution in [0.3, 0.4) is 0 Å². The fraction of sp³-hybridized carbons (Fsp3) is 1.00. The van der Waals surface area contributed by atoms with Crippen molar-refractivity contribution < 1.29 is 5.48 Å². The Morgan fingerprint density at radius 2 is 1.00 bits per heavy atom. The number of rotatable bonds is 0. The summed E-state index contributed by atoms with van der Waals surface area (Å²) in [7, 11) is 0. The van der Waals surface area contributed by atoms with E-state index < -0.39 is 0 Å². The van der Waals surface area contributed by atoms with Gasteiger partial charge in [-0.1, -0.05) is 7.43 Å². The molecule has 0 aliphatic carbocycles. The predicted octanol–water partition coefficient (Wildman–Crippen LogP) is 0.346. The molecule has 0 rings (SSSR count). The highest BCUT2D eigenvalue weighted by atomic mass is 35.5. The van der Waals surface area contributed by atoms with E-state index in [1.807, 2.05) is 0 Å². The van der Waals surface area contributed by atoms with Crippen LogP contribution in [0.4, 0.5) is 0 Å². The van der Waals surface area contributed by atoms with Gasteiger partial charge < -0.3 is 5.48 Å². The van der Waals surface area contributed by atoms with Gasteiger partial charge in [0.25, 0.3) is 0 Å². The Kier molecular flexibility index (Phi) is 2800. The van der Waals surface area contributed by atoms with E-state index in [2.05, 4.69) is 0 Å². The van der Waals surface area contributed by atoms with Crippen LogP contribution in [-0.2, 0) is 0 Å². The molecule has 0 amide bonds. The van der Waals surface area contributed by atoms with Crippen LogP contribution in [0, 0.1) is 0 Å². The lowest BCUT2D eigenvalue weighted by Crippen LogP contribution is -0.289. The summed E-state index contributed by atoms with van der Waals surface area (Å²) in [5.74, 6) is 0. The zero-order chi connectivity index (χ0) is 0. The molecule has 0 spiro atoms. The third-order valence-electron chi connectivity index (χ3n) is 0. The Labute approximate surface area is 39.6 Å². The topological polar surface area (TPSA) is 31.5 Å². The van der Waals surface area contributed by atoms with Gasteiger partial charge in [0.15, 0.2) is 0 Å². The molecule has 0 aromatic rings. The first-order valence-electron chi connectivity index (χ1n) is 0. The molecular weight excluding hydrogens is 95.5 g/mol. The van der Waals surface area contributed by atoms with E-state index in [0.717, 1.165) is 0 Å². The van der Waals surface area contributed by atoms with Crippen molar-refractivity contribution in [2.24, 2.45) is 0 Å². The molecule has 0 aliphatic rings. The van der Waals surface area contributed by atoms with Gasteiger partial charge in [-0.05, 0) is 0 Å². The summed E-state index contributed by atoms with van der Waals surface area (Å²) in [6.07, 6.45) is 0. The quantitative estimate of drug-likeness (QED) is 0.425. The lowest BCUT2D eigenvalue weighted by Gasteiger charge is -0.412. The zero-order valence-electron chi connectivity index (χ0n) is 1.41. The molecule has 3 heteroatoms. The minimum absolute atomic E-state index is 0. The smallest absolute Gasteiger partial charge is 0.0776 e. The standard InChI is InChI=1S/CH4.ClH.H2O.H2S/h1H4;1H;2*1H2. The minimum Gasteiger partial charge on any atom is -0.412 e. The van der Waals surface area contributed by atoms with Gasteiger partial charge in [0, 0.05) is 0 Å². The van der Waals surface area contributed by atoms with Gasteiger partial charge in [-0.3, -0.25) is 0 Å². The molecule has 0 unspecified atom stereocenters. The fourth-order valence-electron chi connectivity index (χ4n) is 0. The van der Waals surface area contributed by atoms with E-state index >= 15 is 0 Å². The summed E-state index contributed by atoms with van der Waals surface area (Å²) in [4.78, 5) is 0. The van der Waals surface area contributed by atoms with E-state index in [1.54, 1.807) is 0 Å². The normalized spacial score (nSPS) is 0. The van der Waals surface area contributed by atoms with Crippen LogP contribution < -0.4 is 0 Å². The van der Waals surface area contributed by atoms with E-state index in [9.17, 15) is 0 Å². The average molecular weight is 105 g/mol. The Morgan fingerprint density at radius 1 is 1.00 bits per heavy atom. The first kappa shape index (κ1) is 166. The number of hydrogen-bond donors (Lipinski definition) is 0. The largest absolute Gasteiger partial charge is 0.412 e. The van der Waals surface area contributed by atoms with Crippen molar-refractivity contribution in [1.82, 2.24) is 0 Å². The van der Waals surface area contributed by atoms with E-state index in [0.29, 0.717) is 0 Å². The second kappa shape index (κ2) is 67.6. The Balaban J connectivity index is 0. The highest BCUT2D eigenvalue weighted by molar-refractivity contribution is 7.59. The van der Waals surface area contributed by atoms with Crippen molar-refractivity contribution in [3.05, 3.63) is 0 Å². The molecule has 0 saturated carbocycles. The van der Waals surface area contributed by atoms with Crippen LogP contribution in [-0.4, -0.2) is 5.48 Å². The average Bonchev–Trinajstić information content (AvgIpc) is 0. The lowest BCUT2D eigenvalue weighted by molar-refractivity contribution is 0.824. The van der Waals surface area contributed by atoms with Crippen molar-refractivity contribution in [1.29, 1.82) is 0 Å². The van der Waals surface area contributed by atoms with Crippen molar-refractivity contribution in [3.8, 4) is 0 Å². The molecule has 0 bridgehead atoms. The molecule has 0 radical (unpaired) electrons. The van der Waals surface area contributed by atoms with Gasteiger partial charge >= 0.3 is 0 Å². The van der Waals surface area contributed by atoms with Crippen LogP contribution in [0.1, 0.15) is 7.43 Å². The number of hydrogen-bond acceptors (Lipinski definition) is 0. The van der Waals surface area contributed by atoms with Gasteiger partial charge in [0.1, 0.15) is 0 Å². The molecule has 0 aromatic heterocycles. The van der Waals surface area contributed by atoms with E-state index in [4.69, 9.17) is 0 Å². The van der Waals surface area contributed by atoms with Crippen LogP contribution in [0.15, 0.2) is 0 Å². The first-order valence-corrected chi connectivity index (χ1v) is 0. The van der Waals surface area contributed by atoms with Crippen LogP contribution in [0.25, 0.3) is 0 Å². The third kappa shape index (κ3) is 18.5. The summed E-state index contributed by atoms with van der Waals surface area (Å²) in [5.41, 5.74) is 0. The molecule has 4 heavy (non-hydrogen) atoms. The SMILES string of the molecule is C.Cl.O.S. The first-order chi connectivity index (χ1) is 0. The number of halogens is 1. The minimum atomic E-state index is 0.